The molecule has 1 aromatic heterocycles. The largest absolute Gasteiger partial charge is 0.573 e. The van der Waals surface area contributed by atoms with Crippen LogP contribution in [0.5, 0.6) is 11.5 Å². The van der Waals surface area contributed by atoms with Crippen molar-refractivity contribution < 1.29 is 32.2 Å². The molecule has 0 radical (unpaired) electrons. The Labute approximate surface area is 187 Å². The molecule has 4 rings (SSSR count). The highest BCUT2D eigenvalue weighted by Gasteiger charge is 2.31. The second-order valence-corrected chi connectivity index (χ2v) is 7.41. The van der Waals surface area contributed by atoms with Crippen LogP contribution in [0, 0.1) is 0 Å². The summed E-state index contributed by atoms with van der Waals surface area (Å²) in [7, 11) is 1.54. The molecule has 1 N–H and O–H groups in total. The lowest BCUT2D eigenvalue weighted by Crippen LogP contribution is -2.38. The van der Waals surface area contributed by atoms with Crippen molar-refractivity contribution in [3.8, 4) is 11.5 Å². The number of methoxy groups -OCH3 is 1. The van der Waals surface area contributed by atoms with E-state index in [0.29, 0.717) is 36.4 Å². The van der Waals surface area contributed by atoms with Crippen molar-refractivity contribution in [1.29, 1.82) is 0 Å². The number of halogens is 3. The number of benzene rings is 2. The van der Waals surface area contributed by atoms with Gasteiger partial charge in [-0.3, -0.25) is 14.4 Å². The van der Waals surface area contributed by atoms with E-state index >= 15 is 0 Å². The lowest BCUT2D eigenvalue weighted by Gasteiger charge is -2.26. The number of nitrogens with one attached hydrogen (secondary N) is 1. The molecular formula is C22H23F3N4O4. The maximum atomic E-state index is 13.0. The third-order valence-corrected chi connectivity index (χ3v) is 5.23. The summed E-state index contributed by atoms with van der Waals surface area (Å²) in [6, 6.07) is 10.4. The zero-order valence-electron chi connectivity index (χ0n) is 17.9. The van der Waals surface area contributed by atoms with Crippen LogP contribution in [0.25, 0.3) is 10.9 Å². The molecule has 0 atom stereocenters. The number of fused-ring (bicyclic) bond motifs is 1. The minimum Gasteiger partial charge on any atom is -0.494 e. The van der Waals surface area contributed by atoms with Crippen LogP contribution >= 0.6 is 0 Å². The van der Waals surface area contributed by atoms with Crippen molar-refractivity contribution in [3.05, 3.63) is 48.2 Å². The molecule has 1 amide bonds. The molecule has 0 spiro atoms. The number of hydrogen-bond acceptors (Lipinski definition) is 6. The molecule has 0 bridgehead atoms. The molecule has 8 nitrogen and oxygen atoms in total. The van der Waals surface area contributed by atoms with E-state index in [4.69, 9.17) is 9.47 Å². The van der Waals surface area contributed by atoms with Gasteiger partial charge in [-0.15, -0.1) is 13.2 Å². The lowest BCUT2D eigenvalue weighted by molar-refractivity contribution is -0.274. The van der Waals surface area contributed by atoms with Crippen LogP contribution < -0.4 is 14.8 Å². The molecule has 1 saturated heterocycles. The first kappa shape index (κ1) is 22.9. The summed E-state index contributed by atoms with van der Waals surface area (Å²) in [4.78, 5) is 15.3. The van der Waals surface area contributed by atoms with E-state index in [1.807, 2.05) is 0 Å². The van der Waals surface area contributed by atoms with E-state index in [2.05, 4.69) is 20.1 Å². The van der Waals surface area contributed by atoms with Crippen molar-refractivity contribution in [2.24, 2.45) is 0 Å². The fourth-order valence-electron chi connectivity index (χ4n) is 3.72. The molecule has 0 saturated carbocycles. The molecule has 11 heteroatoms. The number of carbonyl (C=O) groups is 1. The number of ether oxygens (including phenoxy) is 3. The molecule has 1 fully saturated rings. The van der Waals surface area contributed by atoms with Crippen molar-refractivity contribution in [1.82, 2.24) is 14.7 Å². The Morgan fingerprint density at radius 1 is 1.15 bits per heavy atom. The Morgan fingerprint density at radius 2 is 1.91 bits per heavy atom. The Balaban J connectivity index is 1.59. The van der Waals surface area contributed by atoms with Gasteiger partial charge in [-0.2, -0.15) is 5.10 Å². The minimum absolute atomic E-state index is 0.146. The minimum atomic E-state index is -4.82. The summed E-state index contributed by atoms with van der Waals surface area (Å²) in [6.07, 6.45) is -4.82. The summed E-state index contributed by atoms with van der Waals surface area (Å²) in [5.41, 5.74) is 0.973. The van der Waals surface area contributed by atoms with E-state index in [-0.39, 0.29) is 11.4 Å². The van der Waals surface area contributed by atoms with Crippen molar-refractivity contribution in [2.75, 3.05) is 45.3 Å². The quantitative estimate of drug-likeness (QED) is 0.577. The zero-order valence-corrected chi connectivity index (χ0v) is 17.9. The van der Waals surface area contributed by atoms with Gasteiger partial charge in [0.15, 0.2) is 5.69 Å². The van der Waals surface area contributed by atoms with Crippen LogP contribution in [0.1, 0.15) is 10.5 Å². The first-order chi connectivity index (χ1) is 15.8. The van der Waals surface area contributed by atoms with Crippen LogP contribution in [-0.4, -0.2) is 66.9 Å². The fourth-order valence-corrected chi connectivity index (χ4v) is 3.72. The van der Waals surface area contributed by atoms with E-state index in [9.17, 15) is 18.0 Å². The van der Waals surface area contributed by atoms with Gasteiger partial charge in [0.1, 0.15) is 17.0 Å². The molecule has 0 unspecified atom stereocenters. The Morgan fingerprint density at radius 3 is 2.64 bits per heavy atom. The van der Waals surface area contributed by atoms with E-state index in [1.54, 1.807) is 30.0 Å². The number of rotatable bonds is 7. The SMILES string of the molecule is COc1cccc2c(C(=O)Nc3cccc(OC(F)(F)F)c3)nn(CCN3CCOCC3)c12. The van der Waals surface area contributed by atoms with Gasteiger partial charge in [0.25, 0.3) is 5.91 Å². The fraction of sp³-hybridized carbons (Fsp3) is 0.364. The number of hydrogen-bond donors (Lipinski definition) is 1. The Kier molecular flexibility index (Phi) is 6.70. The molecule has 2 aromatic carbocycles. The third-order valence-electron chi connectivity index (χ3n) is 5.23. The molecule has 176 valence electrons. The molecule has 3 aromatic rings. The maximum absolute atomic E-state index is 13.0. The highest BCUT2D eigenvalue weighted by molar-refractivity contribution is 6.12. The number of morpholine rings is 1. The molecular weight excluding hydrogens is 441 g/mol. The number of anilines is 1. The van der Waals surface area contributed by atoms with Gasteiger partial charge in [-0.1, -0.05) is 18.2 Å². The Bertz CT molecular complexity index is 1130. The number of carbonyl (C=O) groups excluding carboxylic acids is 1. The summed E-state index contributed by atoms with van der Waals surface area (Å²) in [5.74, 6) is -0.410. The summed E-state index contributed by atoms with van der Waals surface area (Å²) >= 11 is 0. The van der Waals surface area contributed by atoms with Crippen LogP contribution in [0.4, 0.5) is 18.9 Å². The smallest absolute Gasteiger partial charge is 0.494 e. The zero-order chi connectivity index (χ0) is 23.4. The van der Waals surface area contributed by atoms with Gasteiger partial charge in [0, 0.05) is 36.8 Å². The van der Waals surface area contributed by atoms with Gasteiger partial charge in [-0.25, -0.2) is 0 Å². The number of aromatic nitrogens is 2. The lowest BCUT2D eigenvalue weighted by atomic mass is 10.2. The maximum Gasteiger partial charge on any atom is 0.573 e. The topological polar surface area (TPSA) is 77.8 Å². The molecule has 0 aliphatic carbocycles. The number of nitrogens with zero attached hydrogens (tertiary/aromatic N) is 3. The summed E-state index contributed by atoms with van der Waals surface area (Å²) in [6.45, 7) is 4.23. The Hall–Kier alpha value is -3.31. The van der Waals surface area contributed by atoms with Crippen molar-refractivity contribution in [2.45, 2.75) is 12.9 Å². The monoisotopic (exact) mass is 464 g/mol. The van der Waals surface area contributed by atoms with Gasteiger partial charge in [0.2, 0.25) is 0 Å². The normalized spacial score (nSPS) is 14.9. The summed E-state index contributed by atoms with van der Waals surface area (Å²) in [5, 5.41) is 7.70. The molecule has 1 aliphatic rings. The predicted molar refractivity (Wildman–Crippen MR) is 115 cm³/mol. The van der Waals surface area contributed by atoms with Gasteiger partial charge >= 0.3 is 6.36 Å². The highest BCUT2D eigenvalue weighted by atomic mass is 19.4. The predicted octanol–water partition coefficient (Wildman–Crippen LogP) is 3.53. The van der Waals surface area contributed by atoms with E-state index in [1.165, 1.54) is 12.1 Å². The summed E-state index contributed by atoms with van der Waals surface area (Å²) < 4.78 is 54.0. The van der Waals surface area contributed by atoms with Crippen molar-refractivity contribution >= 4 is 22.5 Å². The van der Waals surface area contributed by atoms with Crippen LogP contribution in [-0.2, 0) is 11.3 Å². The van der Waals surface area contributed by atoms with Gasteiger partial charge in [0.05, 0.1) is 26.9 Å². The van der Waals surface area contributed by atoms with Crippen LogP contribution in [0.3, 0.4) is 0 Å². The van der Waals surface area contributed by atoms with Crippen LogP contribution in [0.15, 0.2) is 42.5 Å². The molecule has 33 heavy (non-hydrogen) atoms. The van der Waals surface area contributed by atoms with Gasteiger partial charge in [-0.05, 0) is 18.2 Å². The molecule has 1 aliphatic heterocycles. The average molecular weight is 464 g/mol. The van der Waals surface area contributed by atoms with E-state index < -0.39 is 18.0 Å². The first-order valence-electron chi connectivity index (χ1n) is 10.3. The van der Waals surface area contributed by atoms with Crippen LogP contribution in [0.2, 0.25) is 0 Å². The highest BCUT2D eigenvalue weighted by Crippen LogP contribution is 2.29. The second kappa shape index (κ2) is 9.67. The van der Waals surface area contributed by atoms with E-state index in [0.717, 1.165) is 31.8 Å². The molecule has 2 heterocycles. The third kappa shape index (κ3) is 5.55. The van der Waals surface area contributed by atoms with Gasteiger partial charge < -0.3 is 19.5 Å². The standard InChI is InChI=1S/C22H23F3N4O4/c1-31-18-7-3-6-17-19(27-29(20(17)18)9-8-28-10-12-32-13-11-28)21(30)26-15-4-2-5-16(14-15)33-22(23,24)25/h2-7,14H,8-13H2,1H3,(H,26,30). The number of para-hydroxylation sites is 1. The van der Waals surface area contributed by atoms with Crippen molar-refractivity contribution in [3.63, 3.8) is 0 Å². The number of alkyl halides is 3. The first-order valence-corrected chi connectivity index (χ1v) is 10.3. The average Bonchev–Trinajstić information content (AvgIpc) is 3.16. The second-order valence-electron chi connectivity index (χ2n) is 7.41. The number of amides is 1.